The first-order chi connectivity index (χ1) is 4.89. The Hall–Kier alpha value is -0.830. The normalized spacial score (nSPS) is 11.2. The minimum atomic E-state index is -0.938. The Morgan fingerprint density at radius 1 is 1.64 bits per heavy atom. The van der Waals surface area contributed by atoms with Crippen LogP contribution >= 0.6 is 0 Å². The van der Waals surface area contributed by atoms with E-state index in [-0.39, 0.29) is 11.0 Å². The van der Waals surface area contributed by atoms with E-state index in [1.807, 2.05) is 13.8 Å². The van der Waals surface area contributed by atoms with Gasteiger partial charge in [-0.05, 0) is 18.4 Å². The molecule has 0 aromatic rings. The first kappa shape index (κ1) is 10.2. The van der Waals surface area contributed by atoms with Gasteiger partial charge in [-0.1, -0.05) is 20.4 Å². The van der Waals surface area contributed by atoms with Crippen LogP contribution in [0.15, 0.2) is 12.2 Å². The molecule has 3 N–H and O–H groups in total. The predicted molar refractivity (Wildman–Crippen MR) is 44.2 cm³/mol. The molecule has 0 bridgehead atoms. The summed E-state index contributed by atoms with van der Waals surface area (Å²) in [4.78, 5) is 10.4. The summed E-state index contributed by atoms with van der Waals surface area (Å²) < 4.78 is 0. The highest BCUT2D eigenvalue weighted by Gasteiger charge is 2.19. The number of hydrogen-bond donors (Lipinski definition) is 2. The minimum absolute atomic E-state index is 0.157. The molecule has 0 rings (SSSR count). The second kappa shape index (κ2) is 3.53. The van der Waals surface area contributed by atoms with Gasteiger partial charge in [-0.2, -0.15) is 0 Å². The zero-order chi connectivity index (χ0) is 9.07. The maximum absolute atomic E-state index is 10.4. The van der Waals surface area contributed by atoms with Crippen molar-refractivity contribution >= 4 is 5.97 Å². The van der Waals surface area contributed by atoms with Gasteiger partial charge in [-0.25, -0.2) is 4.79 Å². The third kappa shape index (κ3) is 3.78. The van der Waals surface area contributed by atoms with Gasteiger partial charge in [0.1, 0.15) is 0 Å². The van der Waals surface area contributed by atoms with Crippen LogP contribution in [0.1, 0.15) is 20.3 Å². The van der Waals surface area contributed by atoms with Gasteiger partial charge in [-0.3, -0.25) is 0 Å². The molecule has 0 heterocycles. The summed E-state index contributed by atoms with van der Waals surface area (Å²) in [7, 11) is 0. The maximum Gasteiger partial charge on any atom is 0.330 e. The fourth-order valence-electron chi connectivity index (χ4n) is 0.725. The molecule has 0 amide bonds. The van der Waals surface area contributed by atoms with E-state index in [0.717, 1.165) is 0 Å². The highest BCUT2D eigenvalue weighted by atomic mass is 16.4. The molecule has 0 saturated heterocycles. The summed E-state index contributed by atoms with van der Waals surface area (Å²) in [5, 5.41) is 8.50. The molecule has 0 unspecified atom stereocenters. The van der Waals surface area contributed by atoms with Crippen molar-refractivity contribution in [3.63, 3.8) is 0 Å². The summed E-state index contributed by atoms with van der Waals surface area (Å²) in [6.45, 7) is 7.74. The molecule has 3 nitrogen and oxygen atoms in total. The van der Waals surface area contributed by atoms with Crippen molar-refractivity contribution in [3.05, 3.63) is 12.2 Å². The van der Waals surface area contributed by atoms with E-state index in [0.29, 0.717) is 13.0 Å². The first-order valence-corrected chi connectivity index (χ1v) is 3.50. The van der Waals surface area contributed by atoms with Crippen molar-refractivity contribution < 1.29 is 9.90 Å². The predicted octanol–water partition coefficient (Wildman–Crippen LogP) is 1.00. The van der Waals surface area contributed by atoms with Crippen molar-refractivity contribution in [1.29, 1.82) is 0 Å². The first-order valence-electron chi connectivity index (χ1n) is 3.50. The molecule has 64 valence electrons. The van der Waals surface area contributed by atoms with Gasteiger partial charge in [0.05, 0.1) is 0 Å². The van der Waals surface area contributed by atoms with E-state index >= 15 is 0 Å². The largest absolute Gasteiger partial charge is 0.478 e. The number of carboxylic acids is 1. The number of hydrogen-bond acceptors (Lipinski definition) is 2. The second-order valence-corrected chi connectivity index (χ2v) is 3.45. The monoisotopic (exact) mass is 157 g/mol. The zero-order valence-electron chi connectivity index (χ0n) is 7.05. The second-order valence-electron chi connectivity index (χ2n) is 3.45. The number of carboxylic acid groups (broad SMARTS) is 1. The van der Waals surface area contributed by atoms with Crippen LogP contribution in [0.5, 0.6) is 0 Å². The molecule has 0 saturated carbocycles. The number of nitrogens with two attached hydrogens (primary N) is 1. The quantitative estimate of drug-likeness (QED) is 0.598. The Kier molecular flexibility index (Phi) is 3.26. The third-order valence-electron chi connectivity index (χ3n) is 1.55. The lowest BCUT2D eigenvalue weighted by Gasteiger charge is -2.21. The van der Waals surface area contributed by atoms with E-state index < -0.39 is 5.97 Å². The molecule has 0 spiro atoms. The van der Waals surface area contributed by atoms with E-state index in [2.05, 4.69) is 6.58 Å². The van der Waals surface area contributed by atoms with E-state index in [1.54, 1.807) is 0 Å². The van der Waals surface area contributed by atoms with Crippen LogP contribution in [0.4, 0.5) is 0 Å². The van der Waals surface area contributed by atoms with Gasteiger partial charge in [0, 0.05) is 5.57 Å². The van der Waals surface area contributed by atoms with Crippen LogP contribution in [0, 0.1) is 5.41 Å². The Balaban J connectivity index is 4.04. The molecule has 0 aliphatic rings. The molecular formula is C8H15NO2. The Morgan fingerprint density at radius 3 is 2.36 bits per heavy atom. The van der Waals surface area contributed by atoms with Crippen LogP contribution in [-0.4, -0.2) is 17.6 Å². The Morgan fingerprint density at radius 2 is 2.09 bits per heavy atom. The summed E-state index contributed by atoms with van der Waals surface area (Å²) >= 11 is 0. The minimum Gasteiger partial charge on any atom is -0.478 e. The third-order valence-corrected chi connectivity index (χ3v) is 1.55. The summed E-state index contributed by atoms with van der Waals surface area (Å²) in [5.41, 5.74) is 5.49. The fourth-order valence-corrected chi connectivity index (χ4v) is 0.725. The molecule has 3 heteroatoms. The molecule has 0 radical (unpaired) electrons. The van der Waals surface area contributed by atoms with Gasteiger partial charge in [0.15, 0.2) is 0 Å². The topological polar surface area (TPSA) is 63.3 Å². The average molecular weight is 157 g/mol. The number of rotatable bonds is 4. The SMILES string of the molecule is C=C(CC(C)(C)CN)C(=O)O. The van der Waals surface area contributed by atoms with Crippen molar-refractivity contribution in [2.24, 2.45) is 11.1 Å². The van der Waals surface area contributed by atoms with E-state index in [4.69, 9.17) is 10.8 Å². The molecule has 0 aromatic carbocycles. The number of aliphatic carboxylic acids is 1. The molecule has 0 aliphatic carbocycles. The van der Waals surface area contributed by atoms with Crippen LogP contribution < -0.4 is 5.73 Å². The van der Waals surface area contributed by atoms with Gasteiger partial charge in [-0.15, -0.1) is 0 Å². The van der Waals surface area contributed by atoms with Gasteiger partial charge in [0.25, 0.3) is 0 Å². The fraction of sp³-hybridized carbons (Fsp3) is 0.625. The van der Waals surface area contributed by atoms with Crippen molar-refractivity contribution in [1.82, 2.24) is 0 Å². The van der Waals surface area contributed by atoms with Gasteiger partial charge >= 0.3 is 5.97 Å². The van der Waals surface area contributed by atoms with Crippen LogP contribution in [0.2, 0.25) is 0 Å². The highest BCUT2D eigenvalue weighted by Crippen LogP contribution is 2.22. The van der Waals surface area contributed by atoms with E-state index in [1.165, 1.54) is 0 Å². The van der Waals surface area contributed by atoms with Crippen LogP contribution in [-0.2, 0) is 4.79 Å². The Labute approximate surface area is 66.9 Å². The average Bonchev–Trinajstić information content (AvgIpc) is 1.87. The zero-order valence-corrected chi connectivity index (χ0v) is 7.05. The molecule has 11 heavy (non-hydrogen) atoms. The van der Waals surface area contributed by atoms with Crippen molar-refractivity contribution in [3.8, 4) is 0 Å². The lowest BCUT2D eigenvalue weighted by Crippen LogP contribution is -2.25. The van der Waals surface area contributed by atoms with Crippen molar-refractivity contribution in [2.45, 2.75) is 20.3 Å². The standard InChI is InChI=1S/C8H15NO2/c1-6(7(10)11)4-8(2,3)5-9/h1,4-5,9H2,2-3H3,(H,10,11). The van der Waals surface area contributed by atoms with Crippen LogP contribution in [0.25, 0.3) is 0 Å². The molecule has 0 aromatic heterocycles. The lowest BCUT2D eigenvalue weighted by molar-refractivity contribution is -0.133. The van der Waals surface area contributed by atoms with Crippen molar-refractivity contribution in [2.75, 3.05) is 6.54 Å². The summed E-state index contributed by atoms with van der Waals surface area (Å²) in [6, 6.07) is 0. The Bertz CT molecular complexity index is 173. The molecule has 0 atom stereocenters. The maximum atomic E-state index is 10.4. The van der Waals surface area contributed by atoms with E-state index in [9.17, 15) is 4.79 Å². The number of carbonyl (C=O) groups is 1. The smallest absolute Gasteiger partial charge is 0.330 e. The summed E-state index contributed by atoms with van der Waals surface area (Å²) in [6.07, 6.45) is 0.443. The van der Waals surface area contributed by atoms with Crippen LogP contribution in [0.3, 0.4) is 0 Å². The molecular weight excluding hydrogens is 142 g/mol. The highest BCUT2D eigenvalue weighted by molar-refractivity contribution is 5.85. The summed E-state index contributed by atoms with van der Waals surface area (Å²) in [5.74, 6) is -0.938. The lowest BCUT2D eigenvalue weighted by atomic mass is 9.86. The van der Waals surface area contributed by atoms with Gasteiger partial charge < -0.3 is 10.8 Å². The van der Waals surface area contributed by atoms with Gasteiger partial charge in [0.2, 0.25) is 0 Å². The molecule has 0 fully saturated rings. The molecule has 0 aliphatic heterocycles.